The van der Waals surface area contributed by atoms with Gasteiger partial charge in [0.05, 0.1) is 18.5 Å². The second kappa shape index (κ2) is 11.5. The lowest BCUT2D eigenvalue weighted by molar-refractivity contribution is -0.122. The molecule has 1 aromatic carbocycles. The molecule has 2 aromatic rings. The Morgan fingerprint density at radius 2 is 1.97 bits per heavy atom. The van der Waals surface area contributed by atoms with E-state index in [1.54, 1.807) is 11.7 Å². The third kappa shape index (κ3) is 6.38. The lowest BCUT2D eigenvalue weighted by atomic mass is 9.93. The average molecular weight is 470 g/mol. The number of nitrogens with zero attached hydrogens (tertiary/aromatic N) is 4. The number of nitrogens with one attached hydrogen (secondary N) is 1. The van der Waals surface area contributed by atoms with Crippen LogP contribution in [0.25, 0.3) is 11.3 Å². The number of anilines is 1. The van der Waals surface area contributed by atoms with Crippen molar-refractivity contribution in [1.29, 1.82) is 0 Å². The van der Waals surface area contributed by atoms with Crippen LogP contribution in [0.4, 0.5) is 5.82 Å². The molecule has 1 fully saturated rings. The van der Waals surface area contributed by atoms with E-state index in [-0.39, 0.29) is 24.1 Å². The summed E-state index contributed by atoms with van der Waals surface area (Å²) in [5, 5.41) is 2.91. The minimum Gasteiger partial charge on any atom is -0.497 e. The van der Waals surface area contributed by atoms with Crippen molar-refractivity contribution in [2.24, 2.45) is 5.92 Å². The van der Waals surface area contributed by atoms with Crippen LogP contribution in [0.15, 0.2) is 29.1 Å². The van der Waals surface area contributed by atoms with Gasteiger partial charge in [0.25, 0.3) is 5.56 Å². The van der Waals surface area contributed by atoms with Crippen molar-refractivity contribution in [3.8, 4) is 17.0 Å². The zero-order valence-electron chi connectivity index (χ0n) is 21.4. The van der Waals surface area contributed by atoms with Gasteiger partial charge in [0.1, 0.15) is 12.3 Å². The Labute approximate surface area is 202 Å². The normalized spacial score (nSPS) is 14.6. The molecule has 1 aliphatic rings. The summed E-state index contributed by atoms with van der Waals surface area (Å²) in [6, 6.07) is 7.51. The van der Waals surface area contributed by atoms with E-state index in [0.29, 0.717) is 23.2 Å². The third-order valence-electron chi connectivity index (χ3n) is 6.32. The first-order valence-corrected chi connectivity index (χ1v) is 12.1. The maximum absolute atomic E-state index is 13.7. The quantitative estimate of drug-likeness (QED) is 0.608. The molecule has 1 aliphatic heterocycles. The summed E-state index contributed by atoms with van der Waals surface area (Å²) >= 11 is 0. The molecule has 8 heteroatoms. The van der Waals surface area contributed by atoms with Gasteiger partial charge < -0.3 is 19.9 Å². The van der Waals surface area contributed by atoms with Crippen LogP contribution >= 0.6 is 0 Å². The first-order valence-electron chi connectivity index (χ1n) is 12.1. The fourth-order valence-corrected chi connectivity index (χ4v) is 4.55. The number of carbonyl (C=O) groups is 1. The summed E-state index contributed by atoms with van der Waals surface area (Å²) in [5.41, 5.74) is 1.93. The second-order valence-electron chi connectivity index (χ2n) is 9.74. The number of carbonyl (C=O) groups excluding carboxylic acids is 1. The SMILES string of the molecule is COc1cccc(-c2c(C)nc(N3CCC(CCN(C)C)CC3)c(=O)n2CC(=O)NC(C)C)c1. The Morgan fingerprint density at radius 3 is 2.59 bits per heavy atom. The van der Waals surface area contributed by atoms with Crippen LogP contribution in [0, 0.1) is 12.8 Å². The first-order chi connectivity index (χ1) is 16.2. The van der Waals surface area contributed by atoms with Crippen LogP contribution in [0.3, 0.4) is 0 Å². The number of aromatic nitrogens is 2. The van der Waals surface area contributed by atoms with E-state index in [1.165, 1.54) is 6.42 Å². The molecule has 0 spiro atoms. The van der Waals surface area contributed by atoms with Gasteiger partial charge in [0.15, 0.2) is 5.82 Å². The van der Waals surface area contributed by atoms with Crippen LogP contribution in [0.2, 0.25) is 0 Å². The van der Waals surface area contributed by atoms with Crippen molar-refractivity contribution in [1.82, 2.24) is 19.8 Å². The Kier molecular flexibility index (Phi) is 8.72. The highest BCUT2D eigenvalue weighted by Gasteiger charge is 2.25. The van der Waals surface area contributed by atoms with Gasteiger partial charge in [-0.25, -0.2) is 4.98 Å². The average Bonchev–Trinajstić information content (AvgIpc) is 2.80. The second-order valence-corrected chi connectivity index (χ2v) is 9.74. The number of benzene rings is 1. The van der Waals surface area contributed by atoms with Gasteiger partial charge in [-0.15, -0.1) is 0 Å². The van der Waals surface area contributed by atoms with E-state index >= 15 is 0 Å². The number of aryl methyl sites for hydroxylation is 1. The minimum atomic E-state index is -0.228. The zero-order valence-corrected chi connectivity index (χ0v) is 21.4. The molecule has 0 saturated carbocycles. The lowest BCUT2D eigenvalue weighted by Gasteiger charge is -2.33. The van der Waals surface area contributed by atoms with Gasteiger partial charge >= 0.3 is 0 Å². The predicted molar refractivity (Wildman–Crippen MR) is 137 cm³/mol. The molecule has 2 heterocycles. The van der Waals surface area contributed by atoms with Crippen molar-refractivity contribution in [2.75, 3.05) is 45.7 Å². The fourth-order valence-electron chi connectivity index (χ4n) is 4.55. The highest BCUT2D eigenvalue weighted by molar-refractivity contribution is 5.77. The van der Waals surface area contributed by atoms with Crippen LogP contribution in [0.5, 0.6) is 5.75 Å². The van der Waals surface area contributed by atoms with Gasteiger partial charge in [-0.2, -0.15) is 0 Å². The van der Waals surface area contributed by atoms with Crippen molar-refractivity contribution in [2.45, 2.75) is 52.6 Å². The highest BCUT2D eigenvalue weighted by atomic mass is 16.5. The molecule has 1 saturated heterocycles. The molecule has 34 heavy (non-hydrogen) atoms. The molecule has 0 aliphatic carbocycles. The number of piperidine rings is 1. The van der Waals surface area contributed by atoms with Gasteiger partial charge in [-0.1, -0.05) is 12.1 Å². The van der Waals surface area contributed by atoms with Crippen LogP contribution < -0.4 is 20.5 Å². The molecule has 1 amide bonds. The number of amides is 1. The Bertz CT molecular complexity index is 1040. The van der Waals surface area contributed by atoms with Crippen LogP contribution in [-0.2, 0) is 11.3 Å². The maximum Gasteiger partial charge on any atom is 0.294 e. The van der Waals surface area contributed by atoms with E-state index in [1.807, 2.05) is 45.0 Å². The van der Waals surface area contributed by atoms with Crippen molar-refractivity contribution in [3.05, 3.63) is 40.3 Å². The van der Waals surface area contributed by atoms with Gasteiger partial charge in [0.2, 0.25) is 5.91 Å². The smallest absolute Gasteiger partial charge is 0.294 e. The summed E-state index contributed by atoms with van der Waals surface area (Å²) in [6.45, 7) is 8.35. The van der Waals surface area contributed by atoms with Crippen molar-refractivity contribution >= 4 is 11.7 Å². The van der Waals surface area contributed by atoms with Crippen molar-refractivity contribution in [3.63, 3.8) is 0 Å². The molecule has 0 atom stereocenters. The van der Waals surface area contributed by atoms with E-state index in [9.17, 15) is 9.59 Å². The summed E-state index contributed by atoms with van der Waals surface area (Å²) in [7, 11) is 5.81. The standard InChI is InChI=1S/C26H39N5O3/c1-18(2)27-23(32)17-31-24(21-8-7-9-22(16-21)34-6)19(3)28-25(26(31)33)30-14-11-20(12-15-30)10-13-29(4)5/h7-9,16,18,20H,10-15,17H2,1-6H3,(H,27,32). The van der Waals surface area contributed by atoms with Crippen molar-refractivity contribution < 1.29 is 9.53 Å². The molecule has 8 nitrogen and oxygen atoms in total. The number of rotatable bonds is 9. The van der Waals surface area contributed by atoms with Crippen LogP contribution in [0.1, 0.15) is 38.8 Å². The molecule has 1 N–H and O–H groups in total. The molecule has 0 unspecified atom stereocenters. The van der Waals surface area contributed by atoms with Crippen LogP contribution in [-0.4, -0.2) is 67.2 Å². The number of hydrogen-bond donors (Lipinski definition) is 1. The van der Waals surface area contributed by atoms with E-state index in [2.05, 4.69) is 29.2 Å². The van der Waals surface area contributed by atoms with Gasteiger partial charge in [0, 0.05) is 24.7 Å². The topological polar surface area (TPSA) is 79.7 Å². The Morgan fingerprint density at radius 1 is 1.26 bits per heavy atom. The predicted octanol–water partition coefficient (Wildman–Crippen LogP) is 2.92. The van der Waals surface area contributed by atoms with E-state index in [0.717, 1.165) is 43.7 Å². The summed E-state index contributed by atoms with van der Waals surface area (Å²) in [6.07, 6.45) is 3.25. The zero-order chi connectivity index (χ0) is 24.8. The summed E-state index contributed by atoms with van der Waals surface area (Å²) in [5.74, 6) is 1.59. The minimum absolute atomic E-state index is 0.00734. The van der Waals surface area contributed by atoms with E-state index in [4.69, 9.17) is 9.72 Å². The maximum atomic E-state index is 13.7. The third-order valence-corrected chi connectivity index (χ3v) is 6.32. The largest absolute Gasteiger partial charge is 0.497 e. The molecular weight excluding hydrogens is 430 g/mol. The molecule has 0 radical (unpaired) electrons. The Hall–Kier alpha value is -2.87. The summed E-state index contributed by atoms with van der Waals surface area (Å²) < 4.78 is 6.96. The molecule has 0 bridgehead atoms. The molecule has 1 aromatic heterocycles. The fraction of sp³-hybridized carbons (Fsp3) is 0.577. The first kappa shape index (κ1) is 25.7. The molecule has 186 valence electrons. The van der Waals surface area contributed by atoms with E-state index < -0.39 is 0 Å². The van der Waals surface area contributed by atoms with Gasteiger partial charge in [-0.05, 0) is 78.7 Å². The lowest BCUT2D eigenvalue weighted by Crippen LogP contribution is -2.42. The molecule has 3 rings (SSSR count). The monoisotopic (exact) mass is 469 g/mol. The number of ether oxygens (including phenoxy) is 1. The Balaban J connectivity index is 1.96. The molecular formula is C26H39N5O3. The van der Waals surface area contributed by atoms with Gasteiger partial charge in [-0.3, -0.25) is 14.2 Å². The number of hydrogen-bond acceptors (Lipinski definition) is 6. The summed E-state index contributed by atoms with van der Waals surface area (Å²) in [4.78, 5) is 35.5. The number of methoxy groups -OCH3 is 1. The highest BCUT2D eigenvalue weighted by Crippen LogP contribution is 2.28.